The molecule has 2 aromatic carbocycles. The van der Waals surface area contributed by atoms with E-state index >= 15 is 0 Å². The molecule has 2 rings (SSSR count). The minimum absolute atomic E-state index is 0.562. The van der Waals surface area contributed by atoms with Crippen LogP contribution in [-0.4, -0.2) is 32.5 Å². The molecule has 0 fully saturated rings. The minimum atomic E-state index is 0.562. The standard InChI is InChI=1S/C20H26N2O3S/c1-4-25-18-10-6-5-8-15(18)9-7-13-21-20(26)22-17-12-11-16(23-2)14-19(17)24-3/h5-6,8,10-12,14H,4,7,9,13H2,1-3H3,(H2,21,22,26). The molecule has 0 aliphatic heterocycles. The highest BCUT2D eigenvalue weighted by Gasteiger charge is 2.07. The van der Waals surface area contributed by atoms with Crippen molar-refractivity contribution in [3.63, 3.8) is 0 Å². The molecule has 0 aromatic heterocycles. The number of aryl methyl sites for hydroxylation is 1. The Labute approximate surface area is 160 Å². The highest BCUT2D eigenvalue weighted by molar-refractivity contribution is 7.80. The zero-order valence-electron chi connectivity index (χ0n) is 15.5. The van der Waals surface area contributed by atoms with Gasteiger partial charge in [-0.15, -0.1) is 0 Å². The molecule has 0 radical (unpaired) electrons. The first-order valence-corrected chi connectivity index (χ1v) is 9.06. The van der Waals surface area contributed by atoms with Crippen LogP contribution < -0.4 is 24.8 Å². The largest absolute Gasteiger partial charge is 0.497 e. The maximum Gasteiger partial charge on any atom is 0.170 e. The Bertz CT molecular complexity index is 722. The summed E-state index contributed by atoms with van der Waals surface area (Å²) in [7, 11) is 3.24. The van der Waals surface area contributed by atoms with Gasteiger partial charge in [0.05, 0.1) is 26.5 Å². The average molecular weight is 375 g/mol. The Balaban J connectivity index is 1.81. The van der Waals surface area contributed by atoms with E-state index in [2.05, 4.69) is 16.7 Å². The van der Waals surface area contributed by atoms with Crippen molar-refractivity contribution in [2.75, 3.05) is 32.7 Å². The van der Waals surface area contributed by atoms with Crippen LogP contribution in [0.15, 0.2) is 42.5 Å². The monoisotopic (exact) mass is 374 g/mol. The van der Waals surface area contributed by atoms with Crippen LogP contribution in [0.3, 0.4) is 0 Å². The second-order valence-electron chi connectivity index (χ2n) is 5.59. The molecule has 140 valence electrons. The SMILES string of the molecule is CCOc1ccccc1CCCNC(=S)Nc1ccc(OC)cc1OC. The van der Waals surface area contributed by atoms with Gasteiger partial charge >= 0.3 is 0 Å². The van der Waals surface area contributed by atoms with Crippen molar-refractivity contribution in [2.45, 2.75) is 19.8 Å². The summed E-state index contributed by atoms with van der Waals surface area (Å²) in [5.74, 6) is 2.37. The first kappa shape index (κ1) is 19.8. The number of thiocarbonyl (C=S) groups is 1. The van der Waals surface area contributed by atoms with Crippen molar-refractivity contribution in [1.29, 1.82) is 0 Å². The normalized spacial score (nSPS) is 10.1. The van der Waals surface area contributed by atoms with E-state index in [1.165, 1.54) is 5.56 Å². The molecule has 0 unspecified atom stereocenters. The quantitative estimate of drug-likeness (QED) is 0.511. The molecule has 0 bridgehead atoms. The Kier molecular flexibility index (Phi) is 8.02. The number of benzene rings is 2. The number of rotatable bonds is 9. The molecule has 5 nitrogen and oxygen atoms in total. The highest BCUT2D eigenvalue weighted by Crippen LogP contribution is 2.28. The number of hydrogen-bond acceptors (Lipinski definition) is 4. The second-order valence-corrected chi connectivity index (χ2v) is 6.00. The minimum Gasteiger partial charge on any atom is -0.497 e. The lowest BCUT2D eigenvalue weighted by Gasteiger charge is -2.14. The average Bonchev–Trinajstić information content (AvgIpc) is 2.67. The predicted octanol–water partition coefficient (Wildman–Crippen LogP) is 4.02. The van der Waals surface area contributed by atoms with E-state index in [-0.39, 0.29) is 0 Å². The van der Waals surface area contributed by atoms with E-state index in [0.717, 1.165) is 36.6 Å². The number of methoxy groups -OCH3 is 2. The smallest absolute Gasteiger partial charge is 0.170 e. The topological polar surface area (TPSA) is 51.8 Å². The van der Waals surface area contributed by atoms with Gasteiger partial charge in [-0.2, -0.15) is 0 Å². The Morgan fingerprint density at radius 1 is 1.04 bits per heavy atom. The summed E-state index contributed by atoms with van der Waals surface area (Å²) in [6, 6.07) is 13.7. The van der Waals surface area contributed by atoms with Crippen LogP contribution in [0, 0.1) is 0 Å². The van der Waals surface area contributed by atoms with Crippen LogP contribution in [0.2, 0.25) is 0 Å². The van der Waals surface area contributed by atoms with Gasteiger partial charge < -0.3 is 24.8 Å². The van der Waals surface area contributed by atoms with Gasteiger partial charge in [0.15, 0.2) is 5.11 Å². The van der Waals surface area contributed by atoms with Gasteiger partial charge in [0, 0.05) is 12.6 Å². The van der Waals surface area contributed by atoms with E-state index in [1.807, 2.05) is 43.3 Å². The molecular formula is C20H26N2O3S. The fourth-order valence-electron chi connectivity index (χ4n) is 2.56. The fourth-order valence-corrected chi connectivity index (χ4v) is 2.77. The van der Waals surface area contributed by atoms with Gasteiger partial charge in [0.2, 0.25) is 0 Å². The molecule has 6 heteroatoms. The third-order valence-electron chi connectivity index (χ3n) is 3.84. The number of anilines is 1. The lowest BCUT2D eigenvalue weighted by Crippen LogP contribution is -2.29. The summed E-state index contributed by atoms with van der Waals surface area (Å²) in [6.45, 7) is 3.44. The van der Waals surface area contributed by atoms with E-state index in [1.54, 1.807) is 14.2 Å². The maximum atomic E-state index is 5.66. The summed E-state index contributed by atoms with van der Waals surface area (Å²) < 4.78 is 16.2. The van der Waals surface area contributed by atoms with Gasteiger partial charge in [-0.1, -0.05) is 18.2 Å². The second kappa shape index (κ2) is 10.5. The van der Waals surface area contributed by atoms with Crippen LogP contribution in [0.4, 0.5) is 5.69 Å². The van der Waals surface area contributed by atoms with Crippen LogP contribution in [-0.2, 0) is 6.42 Å². The van der Waals surface area contributed by atoms with E-state index in [9.17, 15) is 0 Å². The van der Waals surface area contributed by atoms with E-state index in [0.29, 0.717) is 17.5 Å². The summed E-state index contributed by atoms with van der Waals surface area (Å²) in [5.41, 5.74) is 2.01. The van der Waals surface area contributed by atoms with E-state index in [4.69, 9.17) is 26.4 Å². The fraction of sp³-hybridized carbons (Fsp3) is 0.350. The highest BCUT2D eigenvalue weighted by atomic mass is 32.1. The molecule has 0 heterocycles. The van der Waals surface area contributed by atoms with Gasteiger partial charge in [0.25, 0.3) is 0 Å². The molecule has 0 saturated heterocycles. The van der Waals surface area contributed by atoms with Crippen molar-refractivity contribution >= 4 is 23.0 Å². The van der Waals surface area contributed by atoms with Crippen LogP contribution in [0.25, 0.3) is 0 Å². The molecule has 0 spiro atoms. The first-order chi connectivity index (χ1) is 12.7. The van der Waals surface area contributed by atoms with Crippen LogP contribution in [0.1, 0.15) is 18.9 Å². The number of ether oxygens (including phenoxy) is 3. The zero-order chi connectivity index (χ0) is 18.8. The summed E-state index contributed by atoms with van der Waals surface area (Å²) in [5, 5.41) is 6.95. The molecule has 0 aliphatic rings. The van der Waals surface area contributed by atoms with Crippen LogP contribution in [0.5, 0.6) is 17.2 Å². The molecule has 26 heavy (non-hydrogen) atoms. The molecule has 0 atom stereocenters. The Hall–Kier alpha value is -2.47. The molecule has 2 N–H and O–H groups in total. The number of nitrogens with one attached hydrogen (secondary N) is 2. The summed E-state index contributed by atoms with van der Waals surface area (Å²) >= 11 is 5.37. The van der Waals surface area contributed by atoms with Crippen molar-refractivity contribution in [1.82, 2.24) is 5.32 Å². The van der Waals surface area contributed by atoms with Crippen molar-refractivity contribution in [2.24, 2.45) is 0 Å². The van der Waals surface area contributed by atoms with Gasteiger partial charge in [-0.3, -0.25) is 0 Å². The molecular weight excluding hydrogens is 348 g/mol. The predicted molar refractivity (Wildman–Crippen MR) is 110 cm³/mol. The summed E-state index contributed by atoms with van der Waals surface area (Å²) in [6.07, 6.45) is 1.88. The first-order valence-electron chi connectivity index (χ1n) is 8.65. The molecule has 2 aromatic rings. The number of para-hydroxylation sites is 1. The van der Waals surface area contributed by atoms with Crippen molar-refractivity contribution in [3.8, 4) is 17.2 Å². The zero-order valence-corrected chi connectivity index (χ0v) is 16.3. The van der Waals surface area contributed by atoms with Crippen LogP contribution >= 0.6 is 12.2 Å². The third kappa shape index (κ3) is 5.81. The van der Waals surface area contributed by atoms with E-state index < -0.39 is 0 Å². The van der Waals surface area contributed by atoms with Crippen molar-refractivity contribution < 1.29 is 14.2 Å². The van der Waals surface area contributed by atoms with Crippen molar-refractivity contribution in [3.05, 3.63) is 48.0 Å². The maximum absolute atomic E-state index is 5.66. The Morgan fingerprint density at radius 2 is 1.85 bits per heavy atom. The van der Waals surface area contributed by atoms with Gasteiger partial charge in [0.1, 0.15) is 17.2 Å². The number of hydrogen-bond donors (Lipinski definition) is 2. The van der Waals surface area contributed by atoms with Gasteiger partial charge in [-0.25, -0.2) is 0 Å². The molecule has 0 saturated carbocycles. The Morgan fingerprint density at radius 3 is 2.58 bits per heavy atom. The lowest BCUT2D eigenvalue weighted by molar-refractivity contribution is 0.336. The molecule has 0 aliphatic carbocycles. The summed E-state index contributed by atoms with van der Waals surface area (Å²) in [4.78, 5) is 0. The molecule has 0 amide bonds. The third-order valence-corrected chi connectivity index (χ3v) is 4.08. The van der Waals surface area contributed by atoms with Gasteiger partial charge in [-0.05, 0) is 55.7 Å². The lowest BCUT2D eigenvalue weighted by atomic mass is 10.1.